The van der Waals surface area contributed by atoms with Gasteiger partial charge in [0.1, 0.15) is 12.7 Å². The van der Waals surface area contributed by atoms with Gasteiger partial charge in [0.2, 0.25) is 5.89 Å². The van der Waals surface area contributed by atoms with E-state index in [9.17, 15) is 0 Å². The number of hydrogen-bond acceptors (Lipinski definition) is 6. The number of likely N-dealkylation sites (tertiary alicyclic amines) is 1. The fraction of sp³-hybridized carbons (Fsp3) is 0.714. The molecule has 0 aromatic carbocycles. The average Bonchev–Trinajstić information content (AvgIpc) is 3.02. The number of aromatic nitrogens is 5. The molecule has 1 saturated heterocycles. The molecule has 3 heterocycles. The molecule has 1 atom stereocenters. The molecule has 21 heavy (non-hydrogen) atoms. The molecular weight excluding hydrogens is 268 g/mol. The van der Waals surface area contributed by atoms with Crippen LogP contribution in [0.4, 0.5) is 0 Å². The minimum Gasteiger partial charge on any atom is -0.339 e. The van der Waals surface area contributed by atoms with Crippen molar-refractivity contribution in [1.29, 1.82) is 0 Å². The smallest absolute Gasteiger partial charge is 0.229 e. The molecule has 1 saturated carbocycles. The predicted molar refractivity (Wildman–Crippen MR) is 74.3 cm³/mol. The van der Waals surface area contributed by atoms with Gasteiger partial charge in [0, 0.05) is 19.0 Å². The minimum atomic E-state index is 0.535. The number of hydrogen-bond donors (Lipinski definition) is 0. The van der Waals surface area contributed by atoms with Crippen LogP contribution in [0.15, 0.2) is 17.2 Å². The zero-order chi connectivity index (χ0) is 14.1. The van der Waals surface area contributed by atoms with E-state index in [-0.39, 0.29) is 0 Å². The molecular formula is C14H20N6O. The maximum atomic E-state index is 5.33. The van der Waals surface area contributed by atoms with Gasteiger partial charge in [-0.2, -0.15) is 10.1 Å². The van der Waals surface area contributed by atoms with Gasteiger partial charge in [-0.15, -0.1) is 0 Å². The van der Waals surface area contributed by atoms with E-state index in [1.54, 1.807) is 12.7 Å². The standard InChI is InChI=1S/C14H20N6O/c1-2-11(7-20-10-15-9-16-20)6-19(5-1)8-13-17-14(21-18-13)12-3-4-12/h9-12H,1-8H2. The Hall–Kier alpha value is -1.76. The van der Waals surface area contributed by atoms with Gasteiger partial charge in [-0.25, -0.2) is 4.98 Å². The van der Waals surface area contributed by atoms with E-state index >= 15 is 0 Å². The lowest BCUT2D eigenvalue weighted by Crippen LogP contribution is -2.36. The zero-order valence-corrected chi connectivity index (χ0v) is 12.1. The molecule has 0 radical (unpaired) electrons. The SMILES string of the molecule is c1ncn(CC2CCCN(Cc3noc(C4CC4)n3)C2)n1. The van der Waals surface area contributed by atoms with Crippen LogP contribution in [0, 0.1) is 5.92 Å². The zero-order valence-electron chi connectivity index (χ0n) is 12.1. The first-order valence-electron chi connectivity index (χ1n) is 7.74. The Kier molecular flexibility index (Phi) is 3.42. The van der Waals surface area contributed by atoms with E-state index in [1.165, 1.54) is 25.7 Å². The number of rotatable bonds is 5. The first kappa shape index (κ1) is 12.9. The van der Waals surface area contributed by atoms with Crippen molar-refractivity contribution < 1.29 is 4.52 Å². The molecule has 2 aromatic heterocycles. The van der Waals surface area contributed by atoms with Crippen LogP contribution in [0.1, 0.15) is 43.3 Å². The molecule has 112 valence electrons. The quantitative estimate of drug-likeness (QED) is 0.829. The molecule has 0 bridgehead atoms. The maximum Gasteiger partial charge on any atom is 0.229 e. The van der Waals surface area contributed by atoms with E-state index in [0.29, 0.717) is 11.8 Å². The summed E-state index contributed by atoms with van der Waals surface area (Å²) in [5.41, 5.74) is 0. The van der Waals surface area contributed by atoms with Crippen molar-refractivity contribution >= 4 is 0 Å². The summed E-state index contributed by atoms with van der Waals surface area (Å²) in [5.74, 6) is 2.82. The highest BCUT2D eigenvalue weighted by Crippen LogP contribution is 2.38. The molecule has 1 aliphatic carbocycles. The van der Waals surface area contributed by atoms with Gasteiger partial charge in [0.25, 0.3) is 0 Å². The van der Waals surface area contributed by atoms with Crippen molar-refractivity contribution in [1.82, 2.24) is 29.8 Å². The van der Waals surface area contributed by atoms with E-state index in [0.717, 1.165) is 37.9 Å². The van der Waals surface area contributed by atoms with Gasteiger partial charge in [-0.1, -0.05) is 5.16 Å². The second kappa shape index (κ2) is 5.55. The Morgan fingerprint density at radius 2 is 2.24 bits per heavy atom. The summed E-state index contributed by atoms with van der Waals surface area (Å²) in [7, 11) is 0. The van der Waals surface area contributed by atoms with Crippen LogP contribution in [-0.2, 0) is 13.1 Å². The second-order valence-electron chi connectivity index (χ2n) is 6.18. The topological polar surface area (TPSA) is 72.9 Å². The van der Waals surface area contributed by atoms with Crippen LogP contribution >= 0.6 is 0 Å². The lowest BCUT2D eigenvalue weighted by Gasteiger charge is -2.31. The summed E-state index contributed by atoms with van der Waals surface area (Å²) >= 11 is 0. The Labute approximate surface area is 123 Å². The van der Waals surface area contributed by atoms with E-state index in [4.69, 9.17) is 4.52 Å². The van der Waals surface area contributed by atoms with Crippen LogP contribution in [0.5, 0.6) is 0 Å². The van der Waals surface area contributed by atoms with E-state index in [2.05, 4.69) is 25.1 Å². The molecule has 4 rings (SSSR count). The molecule has 0 N–H and O–H groups in total. The van der Waals surface area contributed by atoms with Crippen LogP contribution in [-0.4, -0.2) is 42.9 Å². The van der Waals surface area contributed by atoms with Crippen LogP contribution in [0.25, 0.3) is 0 Å². The molecule has 0 spiro atoms. The first-order valence-corrected chi connectivity index (χ1v) is 7.74. The van der Waals surface area contributed by atoms with Crippen molar-refractivity contribution in [2.45, 2.75) is 44.7 Å². The molecule has 7 nitrogen and oxygen atoms in total. The van der Waals surface area contributed by atoms with Crippen LogP contribution in [0.3, 0.4) is 0 Å². The van der Waals surface area contributed by atoms with Gasteiger partial charge in [-0.05, 0) is 38.1 Å². The fourth-order valence-electron chi connectivity index (χ4n) is 3.06. The minimum absolute atomic E-state index is 0.535. The molecule has 2 aliphatic rings. The van der Waals surface area contributed by atoms with E-state index < -0.39 is 0 Å². The summed E-state index contributed by atoms with van der Waals surface area (Å²) in [6, 6.07) is 0. The number of piperidine rings is 1. The average molecular weight is 288 g/mol. The van der Waals surface area contributed by atoms with Crippen molar-refractivity contribution in [3.05, 3.63) is 24.4 Å². The Bertz CT molecular complexity index is 576. The molecule has 1 aliphatic heterocycles. The third-order valence-electron chi connectivity index (χ3n) is 4.29. The highest BCUT2D eigenvalue weighted by molar-refractivity contribution is 5.01. The number of nitrogens with zero attached hydrogens (tertiary/aromatic N) is 6. The van der Waals surface area contributed by atoms with Crippen molar-refractivity contribution in [3.63, 3.8) is 0 Å². The molecule has 2 fully saturated rings. The Balaban J connectivity index is 1.33. The lowest BCUT2D eigenvalue weighted by molar-refractivity contribution is 0.149. The molecule has 0 amide bonds. The van der Waals surface area contributed by atoms with E-state index in [1.807, 2.05) is 4.68 Å². The van der Waals surface area contributed by atoms with Gasteiger partial charge in [-0.3, -0.25) is 9.58 Å². The van der Waals surface area contributed by atoms with Crippen LogP contribution in [0.2, 0.25) is 0 Å². The summed E-state index contributed by atoms with van der Waals surface area (Å²) in [6.45, 7) is 3.91. The van der Waals surface area contributed by atoms with Gasteiger partial charge >= 0.3 is 0 Å². The Morgan fingerprint density at radius 1 is 1.29 bits per heavy atom. The lowest BCUT2D eigenvalue weighted by atomic mass is 9.98. The Morgan fingerprint density at radius 3 is 3.05 bits per heavy atom. The van der Waals surface area contributed by atoms with Crippen molar-refractivity contribution in [2.24, 2.45) is 5.92 Å². The van der Waals surface area contributed by atoms with Crippen molar-refractivity contribution in [2.75, 3.05) is 13.1 Å². The van der Waals surface area contributed by atoms with Gasteiger partial charge in [0.15, 0.2) is 5.82 Å². The first-order chi connectivity index (χ1) is 10.4. The third-order valence-corrected chi connectivity index (χ3v) is 4.29. The fourth-order valence-corrected chi connectivity index (χ4v) is 3.06. The van der Waals surface area contributed by atoms with Gasteiger partial charge < -0.3 is 4.52 Å². The molecule has 7 heteroatoms. The normalized spacial score (nSPS) is 23.5. The summed E-state index contributed by atoms with van der Waals surface area (Å²) in [4.78, 5) is 10.9. The van der Waals surface area contributed by atoms with Gasteiger partial charge in [0.05, 0.1) is 6.54 Å². The monoisotopic (exact) mass is 288 g/mol. The summed E-state index contributed by atoms with van der Waals surface area (Å²) in [6.07, 6.45) is 8.25. The highest BCUT2D eigenvalue weighted by atomic mass is 16.5. The second-order valence-corrected chi connectivity index (χ2v) is 6.18. The van der Waals surface area contributed by atoms with Crippen LogP contribution < -0.4 is 0 Å². The summed E-state index contributed by atoms with van der Waals surface area (Å²) in [5, 5.41) is 8.31. The van der Waals surface area contributed by atoms with Crippen molar-refractivity contribution in [3.8, 4) is 0 Å². The predicted octanol–water partition coefficient (Wildman–Crippen LogP) is 1.45. The molecule has 2 aromatic rings. The third kappa shape index (κ3) is 3.12. The summed E-state index contributed by atoms with van der Waals surface area (Å²) < 4.78 is 7.26. The maximum absolute atomic E-state index is 5.33. The largest absolute Gasteiger partial charge is 0.339 e. The highest BCUT2D eigenvalue weighted by Gasteiger charge is 2.30. The molecule has 1 unspecified atom stereocenters.